The van der Waals surface area contributed by atoms with Gasteiger partial charge in [0.1, 0.15) is 10.0 Å². The van der Waals surface area contributed by atoms with E-state index in [1.54, 1.807) is 53.0 Å². The van der Waals surface area contributed by atoms with Gasteiger partial charge in [-0.2, -0.15) is 0 Å². The van der Waals surface area contributed by atoms with Crippen molar-refractivity contribution in [3.05, 3.63) is 106 Å². The first-order valence-electron chi connectivity index (χ1n) is 9.10. The van der Waals surface area contributed by atoms with Gasteiger partial charge < -0.3 is 0 Å². The number of fused-ring (bicyclic) bond motifs is 1. The number of carbonyl (C=O) groups excluding carboxylic acids is 2. The molecule has 5 rings (SSSR count). The van der Waals surface area contributed by atoms with Crippen molar-refractivity contribution >= 4 is 56.0 Å². The predicted molar refractivity (Wildman–Crippen MR) is 120 cm³/mol. The van der Waals surface area contributed by atoms with E-state index >= 15 is 0 Å². The topological polar surface area (TPSA) is 37.4 Å². The van der Waals surface area contributed by atoms with Crippen LogP contribution in [0.4, 0.5) is 15.7 Å². The number of anilines is 3. The third-order valence-corrected chi connectivity index (χ3v) is 6.53. The van der Waals surface area contributed by atoms with Gasteiger partial charge in [0.15, 0.2) is 11.6 Å². The average molecular weight is 414 g/mol. The Morgan fingerprint density at radius 3 is 1.69 bits per heavy atom. The standard InChI is InChI=1S/C24H15NO2S2/c26-23-18-5-1-2-6-19(18)24(27)20(23)15-16-9-11-17(12-10-16)25(21-7-3-13-28-21)22-8-4-14-29-22/h1-15H. The monoisotopic (exact) mass is 413 g/mol. The van der Waals surface area contributed by atoms with E-state index in [2.05, 4.69) is 27.8 Å². The number of hydrogen-bond acceptors (Lipinski definition) is 5. The second-order valence-corrected chi connectivity index (χ2v) is 8.44. The molecule has 0 saturated heterocycles. The maximum atomic E-state index is 12.6. The molecular weight excluding hydrogens is 398 g/mol. The molecule has 4 aromatic rings. The first-order valence-corrected chi connectivity index (χ1v) is 10.9. The van der Waals surface area contributed by atoms with Crippen LogP contribution in [0.15, 0.2) is 89.1 Å². The second kappa shape index (κ2) is 7.28. The Morgan fingerprint density at radius 1 is 0.655 bits per heavy atom. The number of Topliss-reactive ketones (excluding diaryl/α,β-unsaturated/α-hetero) is 2. The molecular formula is C24H15NO2S2. The molecule has 2 heterocycles. The molecule has 1 aliphatic rings. The molecule has 3 nitrogen and oxygen atoms in total. The van der Waals surface area contributed by atoms with Crippen LogP contribution in [-0.2, 0) is 0 Å². The molecule has 0 spiro atoms. The summed E-state index contributed by atoms with van der Waals surface area (Å²) in [6, 6.07) is 23.2. The highest BCUT2D eigenvalue weighted by Crippen LogP contribution is 2.39. The van der Waals surface area contributed by atoms with Gasteiger partial charge in [-0.1, -0.05) is 36.4 Å². The van der Waals surface area contributed by atoms with E-state index in [4.69, 9.17) is 0 Å². The van der Waals surface area contributed by atoms with Gasteiger partial charge in [-0.05, 0) is 58.8 Å². The summed E-state index contributed by atoms with van der Waals surface area (Å²) in [4.78, 5) is 27.4. The van der Waals surface area contributed by atoms with Crippen LogP contribution in [-0.4, -0.2) is 11.6 Å². The van der Waals surface area contributed by atoms with Gasteiger partial charge in [0, 0.05) is 16.8 Å². The van der Waals surface area contributed by atoms with Gasteiger partial charge in [0.05, 0.1) is 5.57 Å². The van der Waals surface area contributed by atoms with Crippen LogP contribution in [0, 0.1) is 0 Å². The van der Waals surface area contributed by atoms with E-state index in [0.717, 1.165) is 21.3 Å². The molecule has 0 atom stereocenters. The minimum atomic E-state index is -0.200. The molecule has 140 valence electrons. The van der Waals surface area contributed by atoms with Crippen LogP contribution < -0.4 is 4.90 Å². The van der Waals surface area contributed by atoms with Crippen LogP contribution in [0.1, 0.15) is 26.3 Å². The van der Waals surface area contributed by atoms with Gasteiger partial charge in [-0.3, -0.25) is 14.5 Å². The van der Waals surface area contributed by atoms with Gasteiger partial charge in [-0.15, -0.1) is 22.7 Å². The van der Waals surface area contributed by atoms with Gasteiger partial charge in [0.25, 0.3) is 0 Å². The molecule has 0 bridgehead atoms. The Labute approximate surface area is 176 Å². The van der Waals surface area contributed by atoms with Crippen LogP contribution in [0.3, 0.4) is 0 Å². The number of nitrogens with zero attached hydrogens (tertiary/aromatic N) is 1. The van der Waals surface area contributed by atoms with Crippen molar-refractivity contribution < 1.29 is 9.59 Å². The molecule has 29 heavy (non-hydrogen) atoms. The van der Waals surface area contributed by atoms with Crippen LogP contribution >= 0.6 is 22.7 Å². The lowest BCUT2D eigenvalue weighted by Gasteiger charge is -2.21. The maximum Gasteiger partial charge on any atom is 0.197 e. The first kappa shape index (κ1) is 17.8. The number of allylic oxidation sites excluding steroid dienone is 1. The van der Waals surface area contributed by atoms with Crippen molar-refractivity contribution in [3.8, 4) is 0 Å². The van der Waals surface area contributed by atoms with E-state index in [0.29, 0.717) is 11.1 Å². The van der Waals surface area contributed by atoms with Gasteiger partial charge in [0.2, 0.25) is 0 Å². The summed E-state index contributed by atoms with van der Waals surface area (Å²) in [5.41, 5.74) is 3.07. The van der Waals surface area contributed by atoms with E-state index < -0.39 is 0 Å². The highest BCUT2D eigenvalue weighted by Gasteiger charge is 2.32. The Morgan fingerprint density at radius 2 is 1.21 bits per heavy atom. The number of thiophene rings is 2. The average Bonchev–Trinajstić information content (AvgIpc) is 3.50. The fraction of sp³-hybridized carbons (Fsp3) is 0. The van der Waals surface area contributed by atoms with E-state index in [9.17, 15) is 9.59 Å². The fourth-order valence-electron chi connectivity index (χ4n) is 3.45. The molecule has 0 fully saturated rings. The summed E-state index contributed by atoms with van der Waals surface area (Å²) in [5.74, 6) is -0.401. The highest BCUT2D eigenvalue weighted by atomic mass is 32.1. The molecule has 0 amide bonds. The summed E-state index contributed by atoms with van der Waals surface area (Å²) in [6.45, 7) is 0. The summed E-state index contributed by atoms with van der Waals surface area (Å²) >= 11 is 3.36. The lowest BCUT2D eigenvalue weighted by molar-refractivity contribution is 0.0990. The van der Waals surface area contributed by atoms with Crippen LogP contribution in [0.5, 0.6) is 0 Å². The second-order valence-electron chi connectivity index (χ2n) is 6.59. The third kappa shape index (κ3) is 3.14. The van der Waals surface area contributed by atoms with Crippen molar-refractivity contribution in [2.24, 2.45) is 0 Å². The lowest BCUT2D eigenvalue weighted by Crippen LogP contribution is -2.06. The number of ketones is 2. The highest BCUT2D eigenvalue weighted by molar-refractivity contribution is 7.16. The van der Waals surface area contributed by atoms with Crippen molar-refractivity contribution in [2.75, 3.05) is 4.90 Å². The third-order valence-electron chi connectivity index (χ3n) is 4.82. The number of hydrogen-bond donors (Lipinski definition) is 0. The zero-order chi connectivity index (χ0) is 19.8. The summed E-state index contributed by atoms with van der Waals surface area (Å²) in [5, 5.41) is 6.39. The number of carbonyl (C=O) groups is 2. The Balaban J connectivity index is 1.49. The minimum absolute atomic E-state index is 0.200. The fourth-order valence-corrected chi connectivity index (χ4v) is 5.03. The molecule has 0 aliphatic heterocycles. The molecule has 0 unspecified atom stereocenters. The maximum absolute atomic E-state index is 12.6. The van der Waals surface area contributed by atoms with E-state index in [1.807, 2.05) is 36.4 Å². The van der Waals surface area contributed by atoms with Crippen molar-refractivity contribution in [3.63, 3.8) is 0 Å². The molecule has 2 aromatic carbocycles. The molecule has 0 saturated carbocycles. The van der Waals surface area contributed by atoms with E-state index in [-0.39, 0.29) is 17.1 Å². The van der Waals surface area contributed by atoms with Crippen LogP contribution in [0.25, 0.3) is 6.08 Å². The van der Waals surface area contributed by atoms with E-state index in [1.165, 1.54) is 0 Å². The van der Waals surface area contributed by atoms with Crippen molar-refractivity contribution in [1.29, 1.82) is 0 Å². The van der Waals surface area contributed by atoms with Gasteiger partial charge in [-0.25, -0.2) is 0 Å². The molecule has 0 N–H and O–H groups in total. The SMILES string of the molecule is O=C1C(=Cc2ccc(N(c3cccs3)c3cccs3)cc2)C(=O)c2ccccc21. The zero-order valence-electron chi connectivity index (χ0n) is 15.2. The smallest absolute Gasteiger partial charge is 0.197 e. The zero-order valence-corrected chi connectivity index (χ0v) is 16.9. The summed E-state index contributed by atoms with van der Waals surface area (Å²) in [7, 11) is 0. The lowest BCUT2D eigenvalue weighted by atomic mass is 10.1. The van der Waals surface area contributed by atoms with Crippen molar-refractivity contribution in [2.45, 2.75) is 0 Å². The van der Waals surface area contributed by atoms with Crippen molar-refractivity contribution in [1.82, 2.24) is 0 Å². The van der Waals surface area contributed by atoms with Crippen LogP contribution in [0.2, 0.25) is 0 Å². The molecule has 5 heteroatoms. The normalized spacial score (nSPS) is 12.9. The predicted octanol–water partition coefficient (Wildman–Crippen LogP) is 6.74. The first-order chi connectivity index (χ1) is 14.2. The summed E-state index contributed by atoms with van der Waals surface area (Å²) in [6.07, 6.45) is 1.69. The molecule has 0 radical (unpaired) electrons. The van der Waals surface area contributed by atoms with Gasteiger partial charge >= 0.3 is 0 Å². The number of benzene rings is 2. The summed E-state index contributed by atoms with van der Waals surface area (Å²) < 4.78 is 0. The largest absolute Gasteiger partial charge is 0.293 e. The quantitative estimate of drug-likeness (QED) is 0.275. The Bertz CT molecular complexity index is 1150. The Hall–Kier alpha value is -3.28. The number of rotatable bonds is 4. The molecule has 1 aliphatic carbocycles. The minimum Gasteiger partial charge on any atom is -0.293 e. The Kier molecular flexibility index (Phi) is 4.46. The molecule has 2 aromatic heterocycles.